The number of hydrogen-bond acceptors (Lipinski definition) is 3. The van der Waals surface area contributed by atoms with Crippen LogP contribution in [0.2, 0.25) is 0 Å². The second-order valence-electron chi connectivity index (χ2n) is 3.22. The topological polar surface area (TPSA) is 54.5 Å². The molecule has 0 saturated heterocycles. The SMILES string of the molecule is CN(C)C(=O)C(=O)C(=O)c1ccccc1. The van der Waals surface area contributed by atoms with Gasteiger partial charge >= 0.3 is 0 Å². The minimum Gasteiger partial charge on any atom is -0.342 e. The highest BCUT2D eigenvalue weighted by molar-refractivity contribution is 6.66. The van der Waals surface area contributed by atoms with E-state index in [1.807, 2.05) is 0 Å². The van der Waals surface area contributed by atoms with Crippen LogP contribution in [-0.2, 0) is 9.59 Å². The average molecular weight is 205 g/mol. The highest BCUT2D eigenvalue weighted by Crippen LogP contribution is 2.01. The third-order valence-corrected chi connectivity index (χ3v) is 1.84. The fourth-order valence-corrected chi connectivity index (χ4v) is 1.02. The van der Waals surface area contributed by atoms with Gasteiger partial charge in [0, 0.05) is 19.7 Å². The molecule has 0 N–H and O–H groups in total. The smallest absolute Gasteiger partial charge is 0.298 e. The molecule has 0 saturated carbocycles. The van der Waals surface area contributed by atoms with Crippen molar-refractivity contribution in [1.82, 2.24) is 4.90 Å². The van der Waals surface area contributed by atoms with Gasteiger partial charge in [-0.15, -0.1) is 0 Å². The Morgan fingerprint density at radius 2 is 1.53 bits per heavy atom. The summed E-state index contributed by atoms with van der Waals surface area (Å²) >= 11 is 0. The summed E-state index contributed by atoms with van der Waals surface area (Å²) in [5.74, 6) is -2.58. The zero-order valence-electron chi connectivity index (χ0n) is 8.56. The third kappa shape index (κ3) is 2.49. The molecular formula is C11H11NO3. The van der Waals surface area contributed by atoms with Crippen molar-refractivity contribution >= 4 is 17.5 Å². The molecule has 0 aliphatic heterocycles. The molecule has 0 unspecified atom stereocenters. The van der Waals surface area contributed by atoms with Crippen molar-refractivity contribution in [2.45, 2.75) is 0 Å². The highest BCUT2D eigenvalue weighted by Gasteiger charge is 2.24. The van der Waals surface area contributed by atoms with Crippen LogP contribution in [0.5, 0.6) is 0 Å². The molecule has 1 amide bonds. The molecule has 4 nitrogen and oxygen atoms in total. The van der Waals surface area contributed by atoms with Crippen LogP contribution in [-0.4, -0.2) is 36.5 Å². The van der Waals surface area contributed by atoms with Crippen LogP contribution in [0.1, 0.15) is 10.4 Å². The normalized spacial score (nSPS) is 9.47. The number of hydrogen-bond donors (Lipinski definition) is 0. The number of nitrogens with zero attached hydrogens (tertiary/aromatic N) is 1. The summed E-state index contributed by atoms with van der Waals surface area (Å²) < 4.78 is 0. The first-order valence-electron chi connectivity index (χ1n) is 4.39. The maximum atomic E-state index is 11.5. The average Bonchev–Trinajstić information content (AvgIpc) is 2.27. The first-order chi connectivity index (χ1) is 7.04. The van der Waals surface area contributed by atoms with E-state index in [-0.39, 0.29) is 5.56 Å². The maximum Gasteiger partial charge on any atom is 0.298 e. The minimum absolute atomic E-state index is 0.234. The summed E-state index contributed by atoms with van der Waals surface area (Å²) in [5.41, 5.74) is 0.234. The molecule has 15 heavy (non-hydrogen) atoms. The lowest BCUT2D eigenvalue weighted by Gasteiger charge is -2.07. The van der Waals surface area contributed by atoms with Crippen molar-refractivity contribution in [3.63, 3.8) is 0 Å². The van der Waals surface area contributed by atoms with Crippen molar-refractivity contribution in [2.24, 2.45) is 0 Å². The van der Waals surface area contributed by atoms with Gasteiger partial charge in [0.25, 0.3) is 11.7 Å². The van der Waals surface area contributed by atoms with E-state index in [0.29, 0.717) is 0 Å². The van der Waals surface area contributed by atoms with Crippen molar-refractivity contribution < 1.29 is 14.4 Å². The Labute approximate surface area is 87.5 Å². The number of Topliss-reactive ketones (excluding diaryl/α,β-unsaturated/α-hetero) is 2. The second kappa shape index (κ2) is 4.50. The van der Waals surface area contributed by atoms with Gasteiger partial charge in [-0.25, -0.2) is 0 Å². The molecular weight excluding hydrogens is 194 g/mol. The van der Waals surface area contributed by atoms with Crippen molar-refractivity contribution in [3.8, 4) is 0 Å². The Balaban J connectivity index is 2.88. The van der Waals surface area contributed by atoms with Crippen LogP contribution in [0.4, 0.5) is 0 Å². The minimum atomic E-state index is -1.01. The number of rotatable bonds is 3. The van der Waals surface area contributed by atoms with E-state index in [1.165, 1.54) is 26.2 Å². The van der Waals surface area contributed by atoms with Gasteiger partial charge in [0.2, 0.25) is 5.78 Å². The first-order valence-corrected chi connectivity index (χ1v) is 4.39. The zero-order valence-corrected chi connectivity index (χ0v) is 8.56. The van der Waals surface area contributed by atoms with Gasteiger partial charge in [0.1, 0.15) is 0 Å². The number of likely N-dealkylation sites (N-methyl/N-ethyl adjacent to an activating group) is 1. The van der Waals surface area contributed by atoms with E-state index in [2.05, 4.69) is 0 Å². The van der Waals surface area contributed by atoms with Crippen LogP contribution >= 0.6 is 0 Å². The lowest BCUT2D eigenvalue weighted by molar-refractivity contribution is -0.140. The number of benzene rings is 1. The van der Waals surface area contributed by atoms with Crippen LogP contribution in [0, 0.1) is 0 Å². The third-order valence-electron chi connectivity index (χ3n) is 1.84. The van der Waals surface area contributed by atoms with E-state index >= 15 is 0 Å². The van der Waals surface area contributed by atoms with Crippen molar-refractivity contribution in [3.05, 3.63) is 35.9 Å². The van der Waals surface area contributed by atoms with E-state index in [0.717, 1.165) is 4.90 Å². The Kier molecular flexibility index (Phi) is 3.33. The van der Waals surface area contributed by atoms with E-state index in [1.54, 1.807) is 18.2 Å². The van der Waals surface area contributed by atoms with Crippen LogP contribution < -0.4 is 0 Å². The Morgan fingerprint density at radius 1 is 1.00 bits per heavy atom. The predicted octanol–water partition coefficient (Wildman–Crippen LogP) is 0.527. The molecule has 0 atom stereocenters. The summed E-state index contributed by atoms with van der Waals surface area (Å²) in [7, 11) is 2.86. The molecule has 0 bridgehead atoms. The summed E-state index contributed by atoms with van der Waals surface area (Å²) in [5, 5.41) is 0. The van der Waals surface area contributed by atoms with Gasteiger partial charge in [-0.1, -0.05) is 30.3 Å². The highest BCUT2D eigenvalue weighted by atomic mass is 16.2. The standard InChI is InChI=1S/C11H11NO3/c1-12(2)11(15)10(14)9(13)8-6-4-3-5-7-8/h3-7H,1-2H3. The predicted molar refractivity (Wildman–Crippen MR) is 54.5 cm³/mol. The summed E-state index contributed by atoms with van der Waals surface area (Å²) in [6.45, 7) is 0. The van der Waals surface area contributed by atoms with Crippen molar-refractivity contribution in [1.29, 1.82) is 0 Å². The number of amides is 1. The zero-order chi connectivity index (χ0) is 11.4. The summed E-state index contributed by atoms with van der Waals surface area (Å²) in [4.78, 5) is 35.1. The number of carbonyl (C=O) groups is 3. The molecule has 1 aromatic rings. The van der Waals surface area contributed by atoms with Gasteiger partial charge < -0.3 is 4.90 Å². The van der Waals surface area contributed by atoms with Gasteiger partial charge in [-0.05, 0) is 0 Å². The molecule has 1 rings (SSSR count). The molecule has 0 spiro atoms. The molecule has 0 heterocycles. The van der Waals surface area contributed by atoms with Crippen LogP contribution in [0.15, 0.2) is 30.3 Å². The fourth-order valence-electron chi connectivity index (χ4n) is 1.02. The molecule has 0 aliphatic rings. The first kappa shape index (κ1) is 11.1. The van der Waals surface area contributed by atoms with E-state index in [4.69, 9.17) is 0 Å². The largest absolute Gasteiger partial charge is 0.342 e. The number of ketones is 2. The molecule has 0 aliphatic carbocycles. The fraction of sp³-hybridized carbons (Fsp3) is 0.182. The molecule has 0 aromatic heterocycles. The molecule has 4 heteroatoms. The quantitative estimate of drug-likeness (QED) is 0.411. The maximum absolute atomic E-state index is 11.5. The molecule has 1 aromatic carbocycles. The van der Waals surface area contributed by atoms with E-state index in [9.17, 15) is 14.4 Å². The van der Waals surface area contributed by atoms with E-state index < -0.39 is 17.5 Å². The van der Waals surface area contributed by atoms with Crippen LogP contribution in [0.3, 0.4) is 0 Å². The lowest BCUT2D eigenvalue weighted by Crippen LogP contribution is -2.34. The van der Waals surface area contributed by atoms with Gasteiger partial charge in [0.05, 0.1) is 0 Å². The monoisotopic (exact) mass is 205 g/mol. The van der Waals surface area contributed by atoms with Gasteiger partial charge in [-0.2, -0.15) is 0 Å². The Bertz CT molecular complexity index is 396. The molecule has 0 fully saturated rings. The Hall–Kier alpha value is -1.97. The Morgan fingerprint density at radius 3 is 2.00 bits per heavy atom. The summed E-state index contributed by atoms with van der Waals surface area (Å²) in [6.07, 6.45) is 0. The molecule has 78 valence electrons. The number of carbonyl (C=O) groups excluding carboxylic acids is 3. The van der Waals surface area contributed by atoms with Crippen molar-refractivity contribution in [2.75, 3.05) is 14.1 Å². The van der Waals surface area contributed by atoms with Crippen LogP contribution in [0.25, 0.3) is 0 Å². The van der Waals surface area contributed by atoms with Gasteiger partial charge in [-0.3, -0.25) is 14.4 Å². The lowest BCUT2D eigenvalue weighted by atomic mass is 10.1. The second-order valence-corrected chi connectivity index (χ2v) is 3.22. The van der Waals surface area contributed by atoms with Gasteiger partial charge in [0.15, 0.2) is 0 Å². The molecule has 0 radical (unpaired) electrons. The summed E-state index contributed by atoms with van der Waals surface area (Å²) in [6, 6.07) is 8.02.